The van der Waals surface area contributed by atoms with Crippen molar-refractivity contribution in [3.63, 3.8) is 0 Å². The van der Waals surface area contributed by atoms with Crippen LogP contribution in [0, 0.1) is 0 Å². The van der Waals surface area contributed by atoms with Gasteiger partial charge in [0.25, 0.3) is 10.0 Å². The molecule has 0 aliphatic heterocycles. The number of rotatable bonds is 7. The van der Waals surface area contributed by atoms with E-state index in [1.54, 1.807) is 48.5 Å². The molecule has 3 aromatic carbocycles. The van der Waals surface area contributed by atoms with Crippen LogP contribution in [-0.4, -0.2) is 16.8 Å². The highest BCUT2D eigenvalue weighted by atomic mass is 35.5. The molecular weight excluding hydrogens is 455 g/mol. The van der Waals surface area contributed by atoms with Crippen molar-refractivity contribution in [3.8, 4) is 0 Å². The third-order valence-corrected chi connectivity index (χ3v) is 6.97. The average molecular weight is 471 g/mol. The summed E-state index contributed by atoms with van der Waals surface area (Å²) in [6.07, 6.45) is 0. The van der Waals surface area contributed by atoms with Gasteiger partial charge in [-0.1, -0.05) is 35.3 Å². The third-order valence-electron chi connectivity index (χ3n) is 3.80. The van der Waals surface area contributed by atoms with Gasteiger partial charge in [-0.2, -0.15) is 0 Å². The molecule has 0 radical (unpaired) electrons. The van der Waals surface area contributed by atoms with Crippen molar-refractivity contribution in [2.75, 3.05) is 9.44 Å². The fraction of sp³-hybridized carbons (Fsp3) is 0.0526. The fourth-order valence-corrected chi connectivity index (χ4v) is 4.96. The summed E-state index contributed by atoms with van der Waals surface area (Å²) in [5.74, 6) is -0.234. The Morgan fingerprint density at radius 2 is 1.07 bits per heavy atom. The van der Waals surface area contributed by atoms with Gasteiger partial charge < -0.3 is 0 Å². The van der Waals surface area contributed by atoms with Gasteiger partial charge in [-0.05, 0) is 66.2 Å². The maximum atomic E-state index is 12.5. The molecule has 0 saturated heterocycles. The van der Waals surface area contributed by atoms with E-state index < -0.39 is 20.0 Å². The monoisotopic (exact) mass is 470 g/mol. The largest absolute Gasteiger partial charge is 0.283 e. The topological polar surface area (TPSA) is 92.3 Å². The van der Waals surface area contributed by atoms with E-state index in [9.17, 15) is 16.8 Å². The molecule has 29 heavy (non-hydrogen) atoms. The Labute approximate surface area is 179 Å². The van der Waals surface area contributed by atoms with Gasteiger partial charge in [0.05, 0.1) is 10.6 Å². The fourth-order valence-electron chi connectivity index (χ4n) is 2.45. The summed E-state index contributed by atoms with van der Waals surface area (Å²) >= 11 is 11.6. The molecule has 0 fully saturated rings. The van der Waals surface area contributed by atoms with Crippen LogP contribution in [0.15, 0.2) is 77.7 Å². The van der Waals surface area contributed by atoms with Crippen LogP contribution in [0.25, 0.3) is 0 Å². The molecule has 6 nitrogen and oxygen atoms in total. The number of nitrogens with one attached hydrogen (secondary N) is 2. The van der Waals surface area contributed by atoms with Crippen molar-refractivity contribution in [2.24, 2.45) is 0 Å². The first-order chi connectivity index (χ1) is 13.6. The number of sulfonamides is 2. The third kappa shape index (κ3) is 6.11. The lowest BCUT2D eigenvalue weighted by Crippen LogP contribution is -2.16. The first-order valence-electron chi connectivity index (χ1n) is 8.26. The van der Waals surface area contributed by atoms with Crippen molar-refractivity contribution < 1.29 is 16.8 Å². The van der Waals surface area contributed by atoms with Crippen LogP contribution in [0.2, 0.25) is 10.0 Å². The summed E-state index contributed by atoms with van der Waals surface area (Å²) in [6.45, 7) is 0. The highest BCUT2D eigenvalue weighted by Crippen LogP contribution is 2.21. The van der Waals surface area contributed by atoms with Crippen LogP contribution in [0.5, 0.6) is 0 Å². The first kappa shape index (κ1) is 21.4. The Bertz CT molecular complexity index is 1190. The molecule has 3 rings (SSSR count). The molecule has 0 aliphatic rings. The van der Waals surface area contributed by atoms with Crippen molar-refractivity contribution in [1.29, 1.82) is 0 Å². The van der Waals surface area contributed by atoms with Gasteiger partial charge in [0.15, 0.2) is 0 Å². The van der Waals surface area contributed by atoms with E-state index in [2.05, 4.69) is 9.44 Å². The molecule has 3 aromatic rings. The zero-order chi connectivity index (χ0) is 21.1. The Hall–Kier alpha value is -2.26. The van der Waals surface area contributed by atoms with Crippen molar-refractivity contribution in [3.05, 3.63) is 88.4 Å². The molecule has 0 aliphatic carbocycles. The quantitative estimate of drug-likeness (QED) is 0.521. The molecule has 0 unspecified atom stereocenters. The molecule has 0 aromatic heterocycles. The highest BCUT2D eigenvalue weighted by Gasteiger charge is 2.16. The van der Waals surface area contributed by atoms with Crippen LogP contribution in [-0.2, 0) is 25.8 Å². The van der Waals surface area contributed by atoms with E-state index in [0.29, 0.717) is 21.3 Å². The smallest absolute Gasteiger partial charge is 0.261 e. The van der Waals surface area contributed by atoms with Crippen molar-refractivity contribution >= 4 is 54.6 Å². The summed E-state index contributed by atoms with van der Waals surface area (Å²) in [4.78, 5) is -0.00639. The standard InChI is InChI=1S/C19H16Cl2N2O4S2/c20-15-3-1-14(2-4-15)13-28(24,25)22-17-9-11-19(12-10-17)29(26,27)23-18-7-5-16(21)6-8-18/h1-12,22-23H,13H2. The molecule has 152 valence electrons. The molecule has 0 amide bonds. The van der Waals surface area contributed by atoms with E-state index in [1.165, 1.54) is 24.3 Å². The van der Waals surface area contributed by atoms with Gasteiger partial charge in [0.1, 0.15) is 0 Å². The van der Waals surface area contributed by atoms with Gasteiger partial charge in [0.2, 0.25) is 10.0 Å². The lowest BCUT2D eigenvalue weighted by Gasteiger charge is -2.11. The van der Waals surface area contributed by atoms with Crippen LogP contribution in [0.3, 0.4) is 0 Å². The lowest BCUT2D eigenvalue weighted by atomic mass is 10.2. The molecule has 0 saturated carbocycles. The normalized spacial score (nSPS) is 11.8. The maximum absolute atomic E-state index is 12.5. The minimum atomic E-state index is -3.82. The van der Waals surface area contributed by atoms with E-state index in [-0.39, 0.29) is 16.3 Å². The van der Waals surface area contributed by atoms with E-state index >= 15 is 0 Å². The van der Waals surface area contributed by atoms with Crippen LogP contribution < -0.4 is 9.44 Å². The average Bonchev–Trinajstić information content (AvgIpc) is 2.65. The van der Waals surface area contributed by atoms with Crippen molar-refractivity contribution in [1.82, 2.24) is 0 Å². The van der Waals surface area contributed by atoms with E-state index in [1.807, 2.05) is 0 Å². The number of hydrogen-bond donors (Lipinski definition) is 2. The summed E-state index contributed by atoms with van der Waals surface area (Å²) in [5.41, 5.74) is 1.19. The van der Waals surface area contributed by atoms with Gasteiger partial charge in [-0.3, -0.25) is 9.44 Å². The number of hydrogen-bond acceptors (Lipinski definition) is 4. The second-order valence-corrected chi connectivity index (χ2v) is 10.4. The molecule has 0 bridgehead atoms. The number of benzene rings is 3. The number of anilines is 2. The molecule has 0 atom stereocenters. The Morgan fingerprint density at radius 3 is 1.62 bits per heavy atom. The van der Waals surface area contributed by atoms with Gasteiger partial charge in [-0.15, -0.1) is 0 Å². The minimum Gasteiger partial charge on any atom is -0.283 e. The van der Waals surface area contributed by atoms with Crippen LogP contribution >= 0.6 is 23.2 Å². The summed E-state index contributed by atoms with van der Waals surface area (Å²) in [6, 6.07) is 18.1. The predicted molar refractivity (Wildman–Crippen MR) is 116 cm³/mol. The zero-order valence-corrected chi connectivity index (χ0v) is 18.0. The van der Waals surface area contributed by atoms with E-state index in [0.717, 1.165) is 0 Å². The summed E-state index contributed by atoms with van der Waals surface area (Å²) < 4.78 is 54.4. The minimum absolute atomic E-state index is 0.00639. The summed E-state index contributed by atoms with van der Waals surface area (Å²) in [7, 11) is -7.49. The molecule has 10 heteroatoms. The van der Waals surface area contributed by atoms with Gasteiger partial charge in [-0.25, -0.2) is 16.8 Å². The lowest BCUT2D eigenvalue weighted by molar-refractivity contribution is 0.599. The maximum Gasteiger partial charge on any atom is 0.261 e. The Kier molecular flexibility index (Phi) is 6.38. The molecule has 2 N–H and O–H groups in total. The molecule has 0 heterocycles. The van der Waals surface area contributed by atoms with E-state index in [4.69, 9.17) is 23.2 Å². The van der Waals surface area contributed by atoms with Gasteiger partial charge in [0, 0.05) is 21.4 Å². The van der Waals surface area contributed by atoms with Gasteiger partial charge >= 0.3 is 0 Å². The zero-order valence-electron chi connectivity index (χ0n) is 14.8. The second-order valence-electron chi connectivity index (χ2n) is 6.12. The van der Waals surface area contributed by atoms with Crippen LogP contribution in [0.4, 0.5) is 11.4 Å². The van der Waals surface area contributed by atoms with Crippen LogP contribution in [0.1, 0.15) is 5.56 Å². The number of halogens is 2. The SMILES string of the molecule is O=S(=O)(Cc1ccc(Cl)cc1)Nc1ccc(S(=O)(=O)Nc2ccc(Cl)cc2)cc1. The highest BCUT2D eigenvalue weighted by molar-refractivity contribution is 7.92. The molecular formula is C19H16Cl2N2O4S2. The summed E-state index contributed by atoms with van der Waals surface area (Å²) in [5, 5.41) is 1.01. The van der Waals surface area contributed by atoms with Crippen molar-refractivity contribution in [2.45, 2.75) is 10.6 Å². The Morgan fingerprint density at radius 1 is 0.621 bits per heavy atom. The molecule has 0 spiro atoms. The second kappa shape index (κ2) is 8.62. The predicted octanol–water partition coefficient (Wildman–Crippen LogP) is 4.74. The Balaban J connectivity index is 1.70. The first-order valence-corrected chi connectivity index (χ1v) is 12.2.